The fourth-order valence-corrected chi connectivity index (χ4v) is 1.74. The van der Waals surface area contributed by atoms with E-state index in [2.05, 4.69) is 18.0 Å². The topological polar surface area (TPSA) is 50.2 Å². The summed E-state index contributed by atoms with van der Waals surface area (Å²) in [7, 11) is 0. The zero-order chi connectivity index (χ0) is 13.0. The molecule has 0 amide bonds. The first-order chi connectivity index (χ1) is 8.69. The Morgan fingerprint density at radius 2 is 1.78 bits per heavy atom. The molecule has 0 saturated heterocycles. The summed E-state index contributed by atoms with van der Waals surface area (Å²) in [5.74, 6) is -0.896. The van der Waals surface area contributed by atoms with Crippen molar-refractivity contribution in [3.8, 4) is 0 Å². The lowest BCUT2D eigenvalue weighted by molar-refractivity contribution is 0.0697. The largest absolute Gasteiger partial charge is 0.478 e. The van der Waals surface area contributed by atoms with Gasteiger partial charge in [0.05, 0.1) is 5.56 Å². The molecule has 0 spiro atoms. The molecular formula is C15H15NO2. The van der Waals surface area contributed by atoms with Crippen LogP contribution in [-0.2, 0) is 12.8 Å². The van der Waals surface area contributed by atoms with Crippen LogP contribution in [0.1, 0.15) is 34.1 Å². The Kier molecular flexibility index (Phi) is 3.72. The highest BCUT2D eigenvalue weighted by atomic mass is 16.4. The smallest absolute Gasteiger partial charge is 0.335 e. The first kappa shape index (κ1) is 12.3. The molecule has 0 saturated carbocycles. The third-order valence-electron chi connectivity index (χ3n) is 2.88. The van der Waals surface area contributed by atoms with Crippen LogP contribution in [0.2, 0.25) is 0 Å². The summed E-state index contributed by atoms with van der Waals surface area (Å²) in [6, 6.07) is 11.0. The number of hydrogen-bond donors (Lipinski definition) is 1. The third kappa shape index (κ3) is 2.94. The van der Waals surface area contributed by atoms with Crippen LogP contribution in [0, 0.1) is 0 Å². The third-order valence-corrected chi connectivity index (χ3v) is 2.88. The highest BCUT2D eigenvalue weighted by Gasteiger charge is 2.03. The summed E-state index contributed by atoms with van der Waals surface area (Å²) in [6.07, 6.45) is 3.60. The van der Waals surface area contributed by atoms with Gasteiger partial charge in [-0.2, -0.15) is 0 Å². The van der Waals surface area contributed by atoms with E-state index in [9.17, 15) is 4.79 Å². The Bertz CT molecular complexity index is 529. The molecule has 18 heavy (non-hydrogen) atoms. The van der Waals surface area contributed by atoms with Crippen molar-refractivity contribution in [1.82, 2.24) is 4.98 Å². The van der Waals surface area contributed by atoms with E-state index < -0.39 is 5.97 Å². The van der Waals surface area contributed by atoms with Crippen molar-refractivity contribution in [3.05, 3.63) is 65.0 Å². The lowest BCUT2D eigenvalue weighted by Crippen LogP contribution is -1.97. The maximum absolute atomic E-state index is 10.7. The van der Waals surface area contributed by atoms with Crippen molar-refractivity contribution in [1.29, 1.82) is 0 Å². The SMILES string of the molecule is CCc1ccc(Cc2ccc(C(=O)O)cc2)nc1. The Balaban J connectivity index is 2.10. The number of pyridine rings is 1. The summed E-state index contributed by atoms with van der Waals surface area (Å²) in [5.41, 5.74) is 3.60. The van der Waals surface area contributed by atoms with Crippen molar-refractivity contribution >= 4 is 5.97 Å². The number of carboxylic acid groups (broad SMARTS) is 1. The summed E-state index contributed by atoms with van der Waals surface area (Å²) in [6.45, 7) is 2.10. The molecule has 1 aromatic carbocycles. The lowest BCUT2D eigenvalue weighted by atomic mass is 10.1. The Morgan fingerprint density at radius 3 is 2.28 bits per heavy atom. The normalized spacial score (nSPS) is 10.3. The van der Waals surface area contributed by atoms with Gasteiger partial charge in [0.15, 0.2) is 0 Å². The van der Waals surface area contributed by atoms with Crippen LogP contribution in [-0.4, -0.2) is 16.1 Å². The zero-order valence-corrected chi connectivity index (χ0v) is 10.3. The fourth-order valence-electron chi connectivity index (χ4n) is 1.74. The van der Waals surface area contributed by atoms with E-state index in [0.29, 0.717) is 5.56 Å². The van der Waals surface area contributed by atoms with E-state index >= 15 is 0 Å². The number of aryl methyl sites for hydroxylation is 1. The Hall–Kier alpha value is -2.16. The molecule has 1 aromatic heterocycles. The molecule has 2 rings (SSSR count). The highest BCUT2D eigenvalue weighted by Crippen LogP contribution is 2.10. The van der Waals surface area contributed by atoms with Crippen LogP contribution < -0.4 is 0 Å². The summed E-state index contributed by atoms with van der Waals surface area (Å²) >= 11 is 0. The molecule has 92 valence electrons. The average molecular weight is 241 g/mol. The average Bonchev–Trinajstić information content (AvgIpc) is 2.40. The quantitative estimate of drug-likeness (QED) is 0.895. The summed E-state index contributed by atoms with van der Waals surface area (Å²) in [5, 5.41) is 8.81. The van der Waals surface area contributed by atoms with Gasteiger partial charge in [0.2, 0.25) is 0 Å². The highest BCUT2D eigenvalue weighted by molar-refractivity contribution is 5.87. The molecule has 2 aromatic rings. The Morgan fingerprint density at radius 1 is 1.11 bits per heavy atom. The number of carbonyl (C=O) groups is 1. The maximum Gasteiger partial charge on any atom is 0.335 e. The first-order valence-corrected chi connectivity index (χ1v) is 5.95. The van der Waals surface area contributed by atoms with Crippen molar-refractivity contribution < 1.29 is 9.90 Å². The van der Waals surface area contributed by atoms with Crippen LogP contribution in [0.3, 0.4) is 0 Å². The number of nitrogens with zero attached hydrogens (tertiary/aromatic N) is 1. The predicted molar refractivity (Wildman–Crippen MR) is 69.8 cm³/mol. The standard InChI is InChI=1S/C15H15NO2/c1-2-11-5-8-14(16-10-11)9-12-3-6-13(7-4-12)15(17)18/h3-8,10H,2,9H2,1H3,(H,17,18). The van der Waals surface area contributed by atoms with Crippen molar-refractivity contribution in [2.24, 2.45) is 0 Å². The monoisotopic (exact) mass is 241 g/mol. The van der Waals surface area contributed by atoms with Crippen molar-refractivity contribution in [2.75, 3.05) is 0 Å². The molecule has 1 N–H and O–H groups in total. The molecule has 3 heteroatoms. The van der Waals surface area contributed by atoms with Gasteiger partial charge < -0.3 is 5.11 Å². The maximum atomic E-state index is 10.7. The number of rotatable bonds is 4. The zero-order valence-electron chi connectivity index (χ0n) is 10.3. The molecule has 0 aliphatic carbocycles. The number of aromatic nitrogens is 1. The Labute approximate surface area is 106 Å². The minimum Gasteiger partial charge on any atom is -0.478 e. The molecule has 1 heterocycles. The molecular weight excluding hydrogens is 226 g/mol. The number of carboxylic acids is 1. The molecule has 0 aliphatic rings. The van der Waals surface area contributed by atoms with Gasteiger partial charge in [-0.25, -0.2) is 4.79 Å². The van der Waals surface area contributed by atoms with Gasteiger partial charge in [-0.05, 0) is 35.7 Å². The van der Waals surface area contributed by atoms with Gasteiger partial charge >= 0.3 is 5.97 Å². The van der Waals surface area contributed by atoms with Gasteiger partial charge in [0, 0.05) is 18.3 Å². The van der Waals surface area contributed by atoms with E-state index in [1.54, 1.807) is 12.1 Å². The number of benzene rings is 1. The van der Waals surface area contributed by atoms with Crippen molar-refractivity contribution in [2.45, 2.75) is 19.8 Å². The molecule has 0 radical (unpaired) electrons. The van der Waals surface area contributed by atoms with E-state index in [1.807, 2.05) is 24.4 Å². The molecule has 0 atom stereocenters. The van der Waals surface area contributed by atoms with Gasteiger partial charge in [0.1, 0.15) is 0 Å². The predicted octanol–water partition coefficient (Wildman–Crippen LogP) is 2.93. The first-order valence-electron chi connectivity index (χ1n) is 5.95. The van der Waals surface area contributed by atoms with E-state index in [4.69, 9.17) is 5.11 Å². The van der Waals surface area contributed by atoms with Gasteiger partial charge in [-0.15, -0.1) is 0 Å². The molecule has 3 nitrogen and oxygen atoms in total. The second kappa shape index (κ2) is 5.45. The molecule has 0 unspecified atom stereocenters. The van der Waals surface area contributed by atoms with Gasteiger partial charge in [0.25, 0.3) is 0 Å². The second-order valence-corrected chi connectivity index (χ2v) is 4.19. The fraction of sp³-hybridized carbons (Fsp3) is 0.200. The van der Waals surface area contributed by atoms with E-state index in [0.717, 1.165) is 24.1 Å². The van der Waals surface area contributed by atoms with E-state index in [1.165, 1.54) is 5.56 Å². The van der Waals surface area contributed by atoms with E-state index in [-0.39, 0.29) is 0 Å². The molecule has 0 aliphatic heterocycles. The van der Waals surface area contributed by atoms with Gasteiger partial charge in [-0.3, -0.25) is 4.98 Å². The van der Waals surface area contributed by atoms with Crippen LogP contribution in [0.5, 0.6) is 0 Å². The van der Waals surface area contributed by atoms with Crippen molar-refractivity contribution in [3.63, 3.8) is 0 Å². The lowest BCUT2D eigenvalue weighted by Gasteiger charge is -2.03. The minimum atomic E-state index is -0.896. The van der Waals surface area contributed by atoms with Gasteiger partial charge in [-0.1, -0.05) is 25.1 Å². The minimum absolute atomic E-state index is 0.313. The second-order valence-electron chi connectivity index (χ2n) is 4.19. The van der Waals surface area contributed by atoms with Crippen LogP contribution in [0.4, 0.5) is 0 Å². The summed E-state index contributed by atoms with van der Waals surface area (Å²) in [4.78, 5) is 15.1. The van der Waals surface area contributed by atoms with Crippen LogP contribution in [0.15, 0.2) is 42.6 Å². The summed E-state index contributed by atoms with van der Waals surface area (Å²) < 4.78 is 0. The number of aromatic carboxylic acids is 1. The van der Waals surface area contributed by atoms with Crippen LogP contribution >= 0.6 is 0 Å². The van der Waals surface area contributed by atoms with Crippen LogP contribution in [0.25, 0.3) is 0 Å². The molecule has 0 bridgehead atoms. The number of hydrogen-bond acceptors (Lipinski definition) is 2. The molecule has 0 fully saturated rings.